The Morgan fingerprint density at radius 1 is 1.24 bits per heavy atom. The van der Waals surface area contributed by atoms with E-state index in [2.05, 4.69) is 27.2 Å². The van der Waals surface area contributed by atoms with Crippen molar-refractivity contribution >= 4 is 17.7 Å². The van der Waals surface area contributed by atoms with Gasteiger partial charge in [-0.25, -0.2) is 15.0 Å². The summed E-state index contributed by atoms with van der Waals surface area (Å²) in [6, 6.07) is 4.40. The van der Waals surface area contributed by atoms with Crippen LogP contribution in [-0.4, -0.2) is 32.9 Å². The third kappa shape index (κ3) is 2.56. The zero-order valence-electron chi connectivity index (χ0n) is 14.9. The van der Waals surface area contributed by atoms with Gasteiger partial charge in [-0.05, 0) is 44.7 Å². The fourth-order valence-corrected chi connectivity index (χ4v) is 3.64. The van der Waals surface area contributed by atoms with Gasteiger partial charge in [0.2, 0.25) is 11.9 Å². The number of aryl methyl sites for hydroxylation is 1. The van der Waals surface area contributed by atoms with Crippen molar-refractivity contribution in [2.24, 2.45) is 0 Å². The van der Waals surface area contributed by atoms with Crippen LogP contribution in [0.4, 0.5) is 11.8 Å². The van der Waals surface area contributed by atoms with Crippen molar-refractivity contribution in [1.82, 2.24) is 15.0 Å². The van der Waals surface area contributed by atoms with Crippen LogP contribution in [0.2, 0.25) is 0 Å². The smallest absolute Gasteiger partial charge is 0.238 e. The van der Waals surface area contributed by atoms with Gasteiger partial charge < -0.3 is 5.32 Å². The number of nitrogens with zero attached hydrogens (tertiary/aromatic N) is 4. The molecule has 2 aromatic rings. The quantitative estimate of drug-likeness (QED) is 0.929. The number of carbonyl (C=O) groups excluding carboxylic acids is 1. The van der Waals surface area contributed by atoms with Crippen molar-refractivity contribution in [1.29, 1.82) is 0 Å². The van der Waals surface area contributed by atoms with Crippen LogP contribution in [0.25, 0.3) is 0 Å². The standard InChI is InChI=1S/C19H23N5O/c1-4-12-10-21-18(22-11-12)23-13-8-14(9-13)24-16-15(6-5-7-20-16)19(2,3)17(24)25/h5-7,10-11,13-14H,4,8-9H2,1-3H3,(H,21,22,23)/t13-,14-. The zero-order chi connectivity index (χ0) is 17.6. The second-order valence-electron chi connectivity index (χ2n) is 7.41. The van der Waals surface area contributed by atoms with E-state index in [1.807, 2.05) is 43.3 Å². The molecular formula is C19H23N5O. The largest absolute Gasteiger partial charge is 0.351 e. The molecule has 0 atom stereocenters. The molecular weight excluding hydrogens is 314 g/mol. The van der Waals surface area contributed by atoms with Gasteiger partial charge in [-0.2, -0.15) is 0 Å². The lowest BCUT2D eigenvalue weighted by Crippen LogP contribution is -2.53. The zero-order valence-corrected chi connectivity index (χ0v) is 14.9. The Morgan fingerprint density at radius 2 is 1.96 bits per heavy atom. The summed E-state index contributed by atoms with van der Waals surface area (Å²) < 4.78 is 0. The molecule has 1 aliphatic carbocycles. The molecule has 25 heavy (non-hydrogen) atoms. The molecule has 1 aliphatic heterocycles. The molecule has 0 radical (unpaired) electrons. The van der Waals surface area contributed by atoms with Gasteiger partial charge >= 0.3 is 0 Å². The molecule has 0 bridgehead atoms. The van der Waals surface area contributed by atoms with Crippen molar-refractivity contribution in [3.8, 4) is 0 Å². The Bertz CT molecular complexity index is 796. The maximum atomic E-state index is 12.9. The molecule has 3 heterocycles. The van der Waals surface area contributed by atoms with Crippen LogP contribution < -0.4 is 10.2 Å². The molecule has 2 aromatic heterocycles. The number of carbonyl (C=O) groups is 1. The Morgan fingerprint density at radius 3 is 2.64 bits per heavy atom. The van der Waals surface area contributed by atoms with Gasteiger partial charge in [0.15, 0.2) is 0 Å². The van der Waals surface area contributed by atoms with Gasteiger partial charge in [0, 0.05) is 36.2 Å². The lowest BCUT2D eigenvalue weighted by atomic mass is 9.84. The predicted octanol–water partition coefficient (Wildman–Crippen LogP) is 2.70. The lowest BCUT2D eigenvalue weighted by molar-refractivity contribution is -0.122. The number of fused-ring (bicyclic) bond motifs is 1. The molecule has 0 saturated heterocycles. The third-order valence-electron chi connectivity index (χ3n) is 5.37. The van der Waals surface area contributed by atoms with Crippen LogP contribution in [0, 0.1) is 0 Å². The van der Waals surface area contributed by atoms with Crippen LogP contribution in [0.3, 0.4) is 0 Å². The van der Waals surface area contributed by atoms with Crippen molar-refractivity contribution in [2.45, 2.75) is 57.5 Å². The normalized spacial score (nSPS) is 24.0. The molecule has 0 spiro atoms. The van der Waals surface area contributed by atoms with E-state index in [-0.39, 0.29) is 11.9 Å². The Hall–Kier alpha value is -2.50. The van der Waals surface area contributed by atoms with Crippen LogP contribution in [0.5, 0.6) is 0 Å². The number of hydrogen-bond donors (Lipinski definition) is 1. The van der Waals surface area contributed by atoms with Crippen LogP contribution >= 0.6 is 0 Å². The second-order valence-corrected chi connectivity index (χ2v) is 7.41. The van der Waals surface area contributed by atoms with Crippen molar-refractivity contribution in [3.63, 3.8) is 0 Å². The summed E-state index contributed by atoms with van der Waals surface area (Å²) in [6.45, 7) is 6.05. The average Bonchev–Trinajstić information content (AvgIpc) is 2.79. The molecule has 1 N–H and O–H groups in total. The minimum absolute atomic E-state index is 0.146. The van der Waals surface area contributed by atoms with E-state index in [1.54, 1.807) is 6.20 Å². The first-order valence-corrected chi connectivity index (χ1v) is 8.87. The van der Waals surface area contributed by atoms with E-state index >= 15 is 0 Å². The number of nitrogens with one attached hydrogen (secondary N) is 1. The summed E-state index contributed by atoms with van der Waals surface area (Å²) in [5, 5.41) is 3.36. The van der Waals surface area contributed by atoms with Crippen LogP contribution in [-0.2, 0) is 16.6 Å². The topological polar surface area (TPSA) is 71.0 Å². The molecule has 6 heteroatoms. The molecule has 1 saturated carbocycles. The Kier molecular flexibility index (Phi) is 3.71. The summed E-state index contributed by atoms with van der Waals surface area (Å²) in [4.78, 5) is 28.0. The Balaban J connectivity index is 1.44. The van der Waals surface area contributed by atoms with E-state index in [9.17, 15) is 4.79 Å². The molecule has 2 aliphatic rings. The van der Waals surface area contributed by atoms with E-state index < -0.39 is 5.41 Å². The molecule has 130 valence electrons. The molecule has 0 aromatic carbocycles. The number of amides is 1. The SMILES string of the molecule is CCc1cnc(N[C@H]2C[C@H](N3C(=O)C(C)(C)c4cccnc43)C2)nc1. The monoisotopic (exact) mass is 337 g/mol. The highest BCUT2D eigenvalue weighted by molar-refractivity contribution is 6.07. The minimum Gasteiger partial charge on any atom is -0.351 e. The first kappa shape index (κ1) is 16.0. The van der Waals surface area contributed by atoms with Gasteiger partial charge in [0.05, 0.1) is 5.41 Å². The molecule has 6 nitrogen and oxygen atoms in total. The van der Waals surface area contributed by atoms with Gasteiger partial charge in [-0.3, -0.25) is 9.69 Å². The van der Waals surface area contributed by atoms with Gasteiger partial charge in [-0.15, -0.1) is 0 Å². The highest BCUT2D eigenvalue weighted by atomic mass is 16.2. The predicted molar refractivity (Wildman–Crippen MR) is 96.6 cm³/mol. The minimum atomic E-state index is -0.499. The lowest BCUT2D eigenvalue weighted by Gasteiger charge is -2.41. The van der Waals surface area contributed by atoms with Crippen molar-refractivity contribution in [3.05, 3.63) is 41.9 Å². The van der Waals surface area contributed by atoms with Gasteiger partial charge in [0.1, 0.15) is 5.82 Å². The first-order valence-electron chi connectivity index (χ1n) is 8.87. The van der Waals surface area contributed by atoms with E-state index in [0.717, 1.165) is 36.2 Å². The second kappa shape index (κ2) is 5.79. The number of pyridine rings is 1. The summed E-state index contributed by atoms with van der Waals surface area (Å²) in [6.07, 6.45) is 8.19. The van der Waals surface area contributed by atoms with E-state index in [0.29, 0.717) is 12.0 Å². The number of anilines is 2. The number of rotatable bonds is 4. The van der Waals surface area contributed by atoms with Gasteiger partial charge in [-0.1, -0.05) is 13.0 Å². The van der Waals surface area contributed by atoms with Crippen molar-refractivity contribution < 1.29 is 4.79 Å². The fraction of sp³-hybridized carbons (Fsp3) is 0.474. The van der Waals surface area contributed by atoms with Gasteiger partial charge in [0.25, 0.3) is 0 Å². The summed E-state index contributed by atoms with van der Waals surface area (Å²) in [7, 11) is 0. The van der Waals surface area contributed by atoms with Crippen molar-refractivity contribution in [2.75, 3.05) is 10.2 Å². The van der Waals surface area contributed by atoms with Crippen LogP contribution in [0.15, 0.2) is 30.7 Å². The molecule has 4 rings (SSSR count). The maximum Gasteiger partial charge on any atom is 0.238 e. The third-order valence-corrected chi connectivity index (χ3v) is 5.37. The highest BCUT2D eigenvalue weighted by Gasteiger charge is 2.50. The van der Waals surface area contributed by atoms with Crippen LogP contribution in [0.1, 0.15) is 44.7 Å². The van der Waals surface area contributed by atoms with E-state index in [4.69, 9.17) is 0 Å². The molecule has 0 unspecified atom stereocenters. The average molecular weight is 337 g/mol. The number of aromatic nitrogens is 3. The highest BCUT2D eigenvalue weighted by Crippen LogP contribution is 2.44. The summed E-state index contributed by atoms with van der Waals surface area (Å²) in [5.41, 5.74) is 1.65. The Labute approximate surface area is 147 Å². The first-order chi connectivity index (χ1) is 12.0. The fourth-order valence-electron chi connectivity index (χ4n) is 3.64. The summed E-state index contributed by atoms with van der Waals surface area (Å²) >= 11 is 0. The molecule has 1 fully saturated rings. The summed E-state index contributed by atoms with van der Waals surface area (Å²) in [5.74, 6) is 1.63. The number of hydrogen-bond acceptors (Lipinski definition) is 5. The molecule has 1 amide bonds. The van der Waals surface area contributed by atoms with E-state index in [1.165, 1.54) is 0 Å². The maximum absolute atomic E-state index is 12.9.